The molecule has 0 aliphatic carbocycles. The van der Waals surface area contributed by atoms with Crippen LogP contribution < -0.4 is 19.9 Å². The molecule has 0 radical (unpaired) electrons. The van der Waals surface area contributed by atoms with Gasteiger partial charge < -0.3 is 19.9 Å². The van der Waals surface area contributed by atoms with Crippen molar-refractivity contribution >= 4 is 11.6 Å². The van der Waals surface area contributed by atoms with Gasteiger partial charge in [-0.3, -0.25) is 0 Å². The van der Waals surface area contributed by atoms with Crippen LogP contribution in [0.1, 0.15) is 17.2 Å². The van der Waals surface area contributed by atoms with Gasteiger partial charge in [-0.2, -0.15) is 0 Å². The van der Waals surface area contributed by atoms with Crippen LogP contribution in [0.5, 0.6) is 17.2 Å². The molecular weight excluding hydrogens is 290 g/mol. The Labute approximate surface area is 129 Å². The highest BCUT2D eigenvalue weighted by Gasteiger charge is 2.14. The third kappa shape index (κ3) is 3.23. The number of nitrogens with two attached hydrogens (primary N) is 1. The maximum Gasteiger partial charge on any atom is 0.161 e. The van der Waals surface area contributed by atoms with Crippen molar-refractivity contribution < 1.29 is 14.2 Å². The van der Waals surface area contributed by atoms with Crippen molar-refractivity contribution in [1.29, 1.82) is 0 Å². The van der Waals surface area contributed by atoms with Crippen LogP contribution in [0.4, 0.5) is 0 Å². The van der Waals surface area contributed by atoms with E-state index < -0.39 is 0 Å². The number of halogens is 1. The Morgan fingerprint density at radius 1 is 0.810 bits per heavy atom. The number of hydrogen-bond acceptors (Lipinski definition) is 4. The molecule has 0 saturated heterocycles. The Kier molecular flexibility index (Phi) is 4.94. The van der Waals surface area contributed by atoms with Crippen molar-refractivity contribution in [1.82, 2.24) is 0 Å². The van der Waals surface area contributed by atoms with Gasteiger partial charge in [0.25, 0.3) is 0 Å². The third-order valence-corrected chi connectivity index (χ3v) is 3.61. The predicted molar refractivity (Wildman–Crippen MR) is 83.6 cm³/mol. The van der Waals surface area contributed by atoms with E-state index in [1.54, 1.807) is 27.4 Å². The minimum absolute atomic E-state index is 0.309. The summed E-state index contributed by atoms with van der Waals surface area (Å²) in [6, 6.07) is 10.8. The lowest BCUT2D eigenvalue weighted by Gasteiger charge is -2.16. The molecule has 0 amide bonds. The quantitative estimate of drug-likeness (QED) is 0.919. The molecule has 0 heterocycles. The SMILES string of the molecule is COc1cc(C(N)c2ccc(OC)c(OC)c2)ccc1Cl. The maximum atomic E-state index is 6.31. The molecule has 1 unspecified atom stereocenters. The molecule has 2 aromatic rings. The van der Waals surface area contributed by atoms with E-state index in [-0.39, 0.29) is 6.04 Å². The van der Waals surface area contributed by atoms with E-state index in [9.17, 15) is 0 Å². The smallest absolute Gasteiger partial charge is 0.161 e. The van der Waals surface area contributed by atoms with Gasteiger partial charge in [0.1, 0.15) is 5.75 Å². The van der Waals surface area contributed by atoms with Crippen LogP contribution in [0.15, 0.2) is 36.4 Å². The molecule has 5 heteroatoms. The fraction of sp³-hybridized carbons (Fsp3) is 0.250. The van der Waals surface area contributed by atoms with Gasteiger partial charge in [-0.05, 0) is 35.4 Å². The average Bonchev–Trinajstić information content (AvgIpc) is 2.53. The highest BCUT2D eigenvalue weighted by Crippen LogP contribution is 2.33. The Morgan fingerprint density at radius 2 is 1.33 bits per heavy atom. The van der Waals surface area contributed by atoms with Crippen LogP contribution >= 0.6 is 11.6 Å². The first kappa shape index (κ1) is 15.5. The van der Waals surface area contributed by atoms with Crippen LogP contribution in [0.2, 0.25) is 5.02 Å². The van der Waals surface area contributed by atoms with E-state index in [0.717, 1.165) is 11.1 Å². The van der Waals surface area contributed by atoms with E-state index in [1.165, 1.54) is 0 Å². The summed E-state index contributed by atoms with van der Waals surface area (Å²) in [7, 11) is 4.77. The van der Waals surface area contributed by atoms with Gasteiger partial charge in [0.15, 0.2) is 11.5 Å². The minimum Gasteiger partial charge on any atom is -0.495 e. The van der Waals surface area contributed by atoms with Crippen LogP contribution in [0.3, 0.4) is 0 Å². The van der Waals surface area contributed by atoms with E-state index in [0.29, 0.717) is 22.3 Å². The van der Waals surface area contributed by atoms with E-state index >= 15 is 0 Å². The molecular formula is C16H18ClNO3. The normalized spacial score (nSPS) is 11.9. The van der Waals surface area contributed by atoms with Crippen LogP contribution in [0.25, 0.3) is 0 Å². The second-order valence-electron chi connectivity index (χ2n) is 4.49. The van der Waals surface area contributed by atoms with E-state index in [4.69, 9.17) is 31.5 Å². The molecule has 0 saturated carbocycles. The van der Waals surface area contributed by atoms with E-state index in [2.05, 4.69) is 0 Å². The van der Waals surface area contributed by atoms with Crippen molar-refractivity contribution in [2.24, 2.45) is 5.73 Å². The topological polar surface area (TPSA) is 53.7 Å². The molecule has 0 spiro atoms. The lowest BCUT2D eigenvalue weighted by molar-refractivity contribution is 0.354. The summed E-state index contributed by atoms with van der Waals surface area (Å²) in [6.45, 7) is 0. The fourth-order valence-corrected chi connectivity index (χ4v) is 2.30. The highest BCUT2D eigenvalue weighted by atomic mass is 35.5. The molecule has 2 rings (SSSR count). The second kappa shape index (κ2) is 6.70. The summed E-state index contributed by atoms with van der Waals surface area (Å²) in [6.07, 6.45) is 0. The van der Waals surface area contributed by atoms with Crippen LogP contribution in [-0.2, 0) is 0 Å². The molecule has 4 nitrogen and oxygen atoms in total. The summed E-state index contributed by atoms with van der Waals surface area (Å²) in [5.41, 5.74) is 8.13. The Balaban J connectivity index is 2.37. The maximum absolute atomic E-state index is 6.31. The summed E-state index contributed by atoms with van der Waals surface area (Å²) in [5, 5.41) is 0.556. The van der Waals surface area contributed by atoms with Gasteiger partial charge in [-0.1, -0.05) is 23.7 Å². The molecule has 0 aliphatic heterocycles. The van der Waals surface area contributed by atoms with Crippen molar-refractivity contribution in [3.8, 4) is 17.2 Å². The first-order valence-electron chi connectivity index (χ1n) is 6.41. The highest BCUT2D eigenvalue weighted by molar-refractivity contribution is 6.32. The zero-order valence-corrected chi connectivity index (χ0v) is 13.0. The average molecular weight is 308 g/mol. The molecule has 0 bridgehead atoms. The first-order valence-corrected chi connectivity index (χ1v) is 6.79. The predicted octanol–water partition coefficient (Wildman–Crippen LogP) is 3.41. The molecule has 112 valence electrons. The first-order chi connectivity index (χ1) is 10.1. The largest absolute Gasteiger partial charge is 0.495 e. The van der Waals surface area contributed by atoms with Crippen LogP contribution in [0, 0.1) is 0 Å². The number of rotatable bonds is 5. The number of hydrogen-bond donors (Lipinski definition) is 1. The lowest BCUT2D eigenvalue weighted by Crippen LogP contribution is -2.12. The van der Waals surface area contributed by atoms with Gasteiger partial charge in [0.05, 0.1) is 32.4 Å². The molecule has 2 N–H and O–H groups in total. The van der Waals surface area contributed by atoms with Gasteiger partial charge >= 0.3 is 0 Å². The standard InChI is InChI=1S/C16H18ClNO3/c1-19-13-7-5-11(9-15(13)21-3)16(18)10-4-6-12(17)14(8-10)20-2/h4-9,16H,18H2,1-3H3. The zero-order valence-electron chi connectivity index (χ0n) is 12.2. The Hall–Kier alpha value is -1.91. The molecule has 2 aromatic carbocycles. The number of ether oxygens (including phenoxy) is 3. The van der Waals surface area contributed by atoms with Crippen molar-refractivity contribution in [3.05, 3.63) is 52.5 Å². The summed E-state index contributed by atoms with van der Waals surface area (Å²) >= 11 is 6.03. The van der Waals surface area contributed by atoms with Crippen molar-refractivity contribution in [2.75, 3.05) is 21.3 Å². The van der Waals surface area contributed by atoms with Crippen LogP contribution in [-0.4, -0.2) is 21.3 Å². The van der Waals surface area contributed by atoms with Gasteiger partial charge in [-0.15, -0.1) is 0 Å². The van der Waals surface area contributed by atoms with Gasteiger partial charge in [0, 0.05) is 0 Å². The number of benzene rings is 2. The fourth-order valence-electron chi connectivity index (χ4n) is 2.11. The molecule has 1 atom stereocenters. The second-order valence-corrected chi connectivity index (χ2v) is 4.89. The van der Waals surface area contributed by atoms with Gasteiger partial charge in [0.2, 0.25) is 0 Å². The van der Waals surface area contributed by atoms with E-state index in [1.807, 2.05) is 30.3 Å². The molecule has 0 aromatic heterocycles. The van der Waals surface area contributed by atoms with Crippen molar-refractivity contribution in [2.45, 2.75) is 6.04 Å². The molecule has 21 heavy (non-hydrogen) atoms. The molecule has 0 fully saturated rings. The zero-order chi connectivity index (χ0) is 15.4. The number of methoxy groups -OCH3 is 3. The Bertz CT molecular complexity index is 631. The third-order valence-electron chi connectivity index (χ3n) is 3.30. The lowest BCUT2D eigenvalue weighted by atomic mass is 9.99. The monoisotopic (exact) mass is 307 g/mol. The van der Waals surface area contributed by atoms with Crippen molar-refractivity contribution in [3.63, 3.8) is 0 Å². The summed E-state index contributed by atoms with van der Waals surface area (Å²) < 4.78 is 15.7. The summed E-state index contributed by atoms with van der Waals surface area (Å²) in [5.74, 6) is 1.92. The Morgan fingerprint density at radius 3 is 1.90 bits per heavy atom. The summed E-state index contributed by atoms with van der Waals surface area (Å²) in [4.78, 5) is 0. The van der Waals surface area contributed by atoms with Gasteiger partial charge in [-0.25, -0.2) is 0 Å². The molecule has 0 aliphatic rings. The minimum atomic E-state index is -0.309.